The second kappa shape index (κ2) is 6.67. The van der Waals surface area contributed by atoms with Gasteiger partial charge in [-0.1, -0.05) is 30.0 Å². The van der Waals surface area contributed by atoms with E-state index in [0.717, 1.165) is 35.6 Å². The molecule has 1 unspecified atom stereocenters. The van der Waals surface area contributed by atoms with Crippen LogP contribution in [0.15, 0.2) is 24.3 Å². The Labute approximate surface area is 128 Å². The summed E-state index contributed by atoms with van der Waals surface area (Å²) in [6.45, 7) is 4.05. The van der Waals surface area contributed by atoms with E-state index >= 15 is 0 Å². The van der Waals surface area contributed by atoms with E-state index in [4.69, 9.17) is 5.73 Å². The lowest BCUT2D eigenvalue weighted by Gasteiger charge is -2.25. The van der Waals surface area contributed by atoms with Crippen molar-refractivity contribution in [2.24, 2.45) is 0 Å². The predicted molar refractivity (Wildman–Crippen MR) is 85.3 cm³/mol. The molecule has 0 saturated carbocycles. The minimum atomic E-state index is -0.0578. The fourth-order valence-corrected chi connectivity index (χ4v) is 2.84. The molecule has 1 aromatic heterocycles. The van der Waals surface area contributed by atoms with Gasteiger partial charge < -0.3 is 10.6 Å². The van der Waals surface area contributed by atoms with Crippen LogP contribution in [0.5, 0.6) is 0 Å². The topological polar surface area (TPSA) is 72.1 Å². The van der Waals surface area contributed by atoms with Gasteiger partial charge in [0.1, 0.15) is 4.88 Å². The van der Waals surface area contributed by atoms with E-state index in [2.05, 4.69) is 16.5 Å². The minimum Gasteiger partial charge on any atom is -0.399 e. The average molecular weight is 304 g/mol. The van der Waals surface area contributed by atoms with Crippen LogP contribution in [0.4, 0.5) is 5.69 Å². The Morgan fingerprint density at radius 1 is 1.48 bits per heavy atom. The van der Waals surface area contributed by atoms with E-state index in [9.17, 15) is 4.79 Å². The number of anilines is 1. The lowest BCUT2D eigenvalue weighted by molar-refractivity contribution is 0.0746. The maximum atomic E-state index is 12.6. The first-order valence-electron chi connectivity index (χ1n) is 6.98. The highest BCUT2D eigenvalue weighted by atomic mass is 32.1. The van der Waals surface area contributed by atoms with Crippen LogP contribution < -0.4 is 5.73 Å². The molecule has 0 saturated heterocycles. The molecule has 0 aliphatic rings. The molecule has 2 N–H and O–H groups in total. The second-order valence-electron chi connectivity index (χ2n) is 5.06. The van der Waals surface area contributed by atoms with Gasteiger partial charge in [-0.25, -0.2) is 0 Å². The van der Waals surface area contributed by atoms with Crippen LogP contribution in [0.3, 0.4) is 0 Å². The van der Waals surface area contributed by atoms with Crippen LogP contribution in [0.1, 0.15) is 47.2 Å². The highest BCUT2D eigenvalue weighted by Crippen LogP contribution is 2.24. The third-order valence-corrected chi connectivity index (χ3v) is 4.29. The molecule has 2 aromatic rings. The number of carbonyl (C=O) groups is 1. The second-order valence-corrected chi connectivity index (χ2v) is 5.82. The SMILES string of the molecule is CCCc1nnsc1C(=O)N(C)C(C)c1cccc(N)c1. The number of benzene rings is 1. The van der Waals surface area contributed by atoms with E-state index in [1.165, 1.54) is 0 Å². The first-order chi connectivity index (χ1) is 10.0. The third kappa shape index (κ3) is 3.39. The van der Waals surface area contributed by atoms with Crippen molar-refractivity contribution in [3.63, 3.8) is 0 Å². The van der Waals surface area contributed by atoms with Gasteiger partial charge >= 0.3 is 0 Å². The number of nitrogens with zero attached hydrogens (tertiary/aromatic N) is 3. The molecule has 1 amide bonds. The molecular weight excluding hydrogens is 284 g/mol. The monoisotopic (exact) mass is 304 g/mol. The molecule has 1 atom stereocenters. The molecule has 21 heavy (non-hydrogen) atoms. The Bertz CT molecular complexity index is 626. The number of aromatic nitrogens is 2. The van der Waals surface area contributed by atoms with Gasteiger partial charge in [0.2, 0.25) is 0 Å². The molecule has 5 nitrogen and oxygen atoms in total. The lowest BCUT2D eigenvalue weighted by atomic mass is 10.1. The standard InChI is InChI=1S/C15H20N4OS/c1-4-6-13-14(21-18-17-13)15(20)19(3)10(2)11-7-5-8-12(16)9-11/h5,7-10H,4,6,16H2,1-3H3. The molecule has 1 aromatic carbocycles. The maximum Gasteiger partial charge on any atom is 0.267 e. The molecule has 0 bridgehead atoms. The van der Waals surface area contributed by atoms with Crippen molar-refractivity contribution in [3.8, 4) is 0 Å². The van der Waals surface area contributed by atoms with Crippen LogP contribution in [0, 0.1) is 0 Å². The van der Waals surface area contributed by atoms with Crippen LogP contribution in [-0.2, 0) is 6.42 Å². The molecule has 0 spiro atoms. The number of nitrogen functional groups attached to an aromatic ring is 1. The zero-order valence-electron chi connectivity index (χ0n) is 12.5. The zero-order chi connectivity index (χ0) is 15.4. The van der Waals surface area contributed by atoms with Gasteiger partial charge in [0.05, 0.1) is 11.7 Å². The molecular formula is C15H20N4OS. The smallest absolute Gasteiger partial charge is 0.267 e. The van der Waals surface area contributed by atoms with Crippen LogP contribution in [0.2, 0.25) is 0 Å². The number of hydrogen-bond acceptors (Lipinski definition) is 5. The summed E-state index contributed by atoms with van der Waals surface area (Å²) in [5.41, 5.74) is 8.31. The molecule has 6 heteroatoms. The number of hydrogen-bond donors (Lipinski definition) is 1. The Morgan fingerprint density at radius 2 is 2.24 bits per heavy atom. The van der Waals surface area contributed by atoms with E-state index < -0.39 is 0 Å². The van der Waals surface area contributed by atoms with Crippen molar-refractivity contribution < 1.29 is 4.79 Å². The molecule has 0 aliphatic heterocycles. The van der Waals surface area contributed by atoms with E-state index in [0.29, 0.717) is 10.6 Å². The molecule has 0 fully saturated rings. The number of amides is 1. The summed E-state index contributed by atoms with van der Waals surface area (Å²) < 4.78 is 3.91. The number of aryl methyl sites for hydroxylation is 1. The first kappa shape index (κ1) is 15.4. The van der Waals surface area contributed by atoms with Crippen molar-refractivity contribution in [2.75, 3.05) is 12.8 Å². The fourth-order valence-electron chi connectivity index (χ4n) is 2.15. The fraction of sp³-hybridized carbons (Fsp3) is 0.400. The third-order valence-electron chi connectivity index (χ3n) is 3.53. The zero-order valence-corrected chi connectivity index (χ0v) is 13.4. The summed E-state index contributed by atoms with van der Waals surface area (Å²) in [6, 6.07) is 7.55. The normalized spacial score (nSPS) is 12.1. The van der Waals surface area contributed by atoms with Crippen molar-refractivity contribution in [3.05, 3.63) is 40.4 Å². The van der Waals surface area contributed by atoms with Gasteiger partial charge in [-0.2, -0.15) is 0 Å². The highest BCUT2D eigenvalue weighted by Gasteiger charge is 2.23. The molecule has 0 aliphatic carbocycles. The predicted octanol–water partition coefficient (Wildman–Crippen LogP) is 2.91. The van der Waals surface area contributed by atoms with Crippen molar-refractivity contribution >= 4 is 23.1 Å². The van der Waals surface area contributed by atoms with Gasteiger partial charge in [0.25, 0.3) is 5.91 Å². The summed E-state index contributed by atoms with van der Waals surface area (Å²) in [4.78, 5) is 15.0. The van der Waals surface area contributed by atoms with Gasteiger partial charge in [0.15, 0.2) is 0 Å². The molecule has 112 valence electrons. The Kier molecular flexibility index (Phi) is 4.90. The highest BCUT2D eigenvalue weighted by molar-refractivity contribution is 7.08. The largest absolute Gasteiger partial charge is 0.399 e. The average Bonchev–Trinajstić information content (AvgIpc) is 2.93. The Morgan fingerprint density at radius 3 is 2.90 bits per heavy atom. The van der Waals surface area contributed by atoms with E-state index in [1.54, 1.807) is 11.9 Å². The summed E-state index contributed by atoms with van der Waals surface area (Å²) in [6.07, 6.45) is 1.72. The molecule has 2 rings (SSSR count). The minimum absolute atomic E-state index is 0.0385. The van der Waals surface area contributed by atoms with E-state index in [1.807, 2.05) is 31.2 Å². The van der Waals surface area contributed by atoms with Crippen LogP contribution in [-0.4, -0.2) is 27.4 Å². The van der Waals surface area contributed by atoms with Gasteiger partial charge in [0, 0.05) is 12.7 Å². The van der Waals surface area contributed by atoms with Crippen molar-refractivity contribution in [1.82, 2.24) is 14.5 Å². The molecule has 1 heterocycles. The van der Waals surface area contributed by atoms with Crippen LogP contribution in [0.25, 0.3) is 0 Å². The number of nitrogens with two attached hydrogens (primary N) is 1. The number of rotatable bonds is 5. The van der Waals surface area contributed by atoms with E-state index in [-0.39, 0.29) is 11.9 Å². The Balaban J connectivity index is 2.20. The first-order valence-corrected chi connectivity index (χ1v) is 7.75. The van der Waals surface area contributed by atoms with Gasteiger partial charge in [-0.15, -0.1) is 5.10 Å². The van der Waals surface area contributed by atoms with Gasteiger partial charge in [-0.05, 0) is 42.6 Å². The lowest BCUT2D eigenvalue weighted by Crippen LogP contribution is -2.29. The number of carbonyl (C=O) groups excluding carboxylic acids is 1. The molecule has 0 radical (unpaired) electrons. The summed E-state index contributed by atoms with van der Waals surface area (Å²) in [5.74, 6) is -0.0385. The van der Waals surface area contributed by atoms with Crippen LogP contribution >= 0.6 is 11.5 Å². The van der Waals surface area contributed by atoms with Crippen molar-refractivity contribution in [1.29, 1.82) is 0 Å². The summed E-state index contributed by atoms with van der Waals surface area (Å²) >= 11 is 1.16. The van der Waals surface area contributed by atoms with Gasteiger partial charge in [-0.3, -0.25) is 4.79 Å². The summed E-state index contributed by atoms with van der Waals surface area (Å²) in [5, 5.41) is 4.06. The quantitative estimate of drug-likeness (QED) is 0.862. The van der Waals surface area contributed by atoms with Crippen molar-refractivity contribution in [2.45, 2.75) is 32.7 Å². The summed E-state index contributed by atoms with van der Waals surface area (Å²) in [7, 11) is 1.80. The Hall–Kier alpha value is -1.95. The maximum absolute atomic E-state index is 12.6.